The molecular formula is C23H29ClN2O4. The summed E-state index contributed by atoms with van der Waals surface area (Å²) in [6.45, 7) is 5.30. The van der Waals surface area contributed by atoms with Gasteiger partial charge >= 0.3 is 5.97 Å². The van der Waals surface area contributed by atoms with Crippen molar-refractivity contribution in [3.05, 3.63) is 64.7 Å². The first kappa shape index (κ1) is 23.7. The average Bonchev–Trinajstić information content (AvgIpc) is 2.73. The Labute approximate surface area is 182 Å². The second-order valence-electron chi connectivity index (χ2n) is 7.05. The summed E-state index contributed by atoms with van der Waals surface area (Å²) in [5.74, 6) is -0.871. The van der Waals surface area contributed by atoms with Crippen molar-refractivity contribution in [3.8, 4) is 0 Å². The number of ether oxygens (including phenoxy) is 2. The number of halogens is 1. The van der Waals surface area contributed by atoms with E-state index in [2.05, 4.69) is 10.6 Å². The molecule has 0 aliphatic carbocycles. The number of para-hydroxylation sites is 1. The lowest BCUT2D eigenvalue weighted by Crippen LogP contribution is -2.30. The van der Waals surface area contributed by atoms with Crippen LogP contribution in [0.4, 0.5) is 5.69 Å². The van der Waals surface area contributed by atoms with Crippen LogP contribution in [0.2, 0.25) is 5.02 Å². The maximum Gasteiger partial charge on any atom is 0.340 e. The van der Waals surface area contributed by atoms with Crippen LogP contribution in [0.3, 0.4) is 0 Å². The Morgan fingerprint density at radius 1 is 1.03 bits per heavy atom. The van der Waals surface area contributed by atoms with Gasteiger partial charge in [-0.2, -0.15) is 0 Å². The Morgan fingerprint density at radius 2 is 1.77 bits per heavy atom. The summed E-state index contributed by atoms with van der Waals surface area (Å²) in [7, 11) is 0. The molecular weight excluding hydrogens is 404 g/mol. The molecule has 7 heteroatoms. The maximum atomic E-state index is 12.4. The quantitative estimate of drug-likeness (QED) is 0.390. The fourth-order valence-corrected chi connectivity index (χ4v) is 2.81. The zero-order chi connectivity index (χ0) is 21.8. The van der Waals surface area contributed by atoms with E-state index in [1.54, 1.807) is 12.1 Å². The number of esters is 1. The highest BCUT2D eigenvalue weighted by Gasteiger charge is 2.14. The van der Waals surface area contributed by atoms with Crippen LogP contribution in [0, 0.1) is 0 Å². The molecule has 0 bridgehead atoms. The van der Waals surface area contributed by atoms with Crippen LogP contribution in [0.15, 0.2) is 48.5 Å². The molecule has 0 atom stereocenters. The van der Waals surface area contributed by atoms with Gasteiger partial charge in [-0.3, -0.25) is 4.79 Å². The van der Waals surface area contributed by atoms with E-state index in [0.717, 1.165) is 12.0 Å². The highest BCUT2D eigenvalue weighted by Crippen LogP contribution is 2.17. The van der Waals surface area contributed by atoms with Crippen molar-refractivity contribution in [1.29, 1.82) is 0 Å². The van der Waals surface area contributed by atoms with Gasteiger partial charge in [-0.15, -0.1) is 0 Å². The van der Waals surface area contributed by atoms with E-state index < -0.39 is 5.97 Å². The zero-order valence-electron chi connectivity index (χ0n) is 17.4. The molecule has 2 aromatic rings. The van der Waals surface area contributed by atoms with Crippen molar-refractivity contribution in [3.63, 3.8) is 0 Å². The largest absolute Gasteiger partial charge is 0.452 e. The summed E-state index contributed by atoms with van der Waals surface area (Å²) >= 11 is 5.90. The molecule has 6 nitrogen and oxygen atoms in total. The lowest BCUT2D eigenvalue weighted by Gasteiger charge is -2.12. The number of rotatable bonds is 12. The molecule has 0 unspecified atom stereocenters. The van der Waals surface area contributed by atoms with Gasteiger partial charge < -0.3 is 20.1 Å². The molecule has 0 saturated heterocycles. The van der Waals surface area contributed by atoms with Crippen LogP contribution in [0.5, 0.6) is 0 Å². The van der Waals surface area contributed by atoms with E-state index in [0.29, 0.717) is 42.4 Å². The molecule has 1 amide bonds. The smallest absolute Gasteiger partial charge is 0.340 e. The van der Waals surface area contributed by atoms with Crippen LogP contribution in [0.25, 0.3) is 0 Å². The topological polar surface area (TPSA) is 76.7 Å². The van der Waals surface area contributed by atoms with E-state index in [9.17, 15) is 9.59 Å². The summed E-state index contributed by atoms with van der Waals surface area (Å²) in [5.41, 5.74) is 2.21. The molecule has 0 fully saturated rings. The van der Waals surface area contributed by atoms with E-state index in [-0.39, 0.29) is 18.6 Å². The van der Waals surface area contributed by atoms with Gasteiger partial charge in [0.25, 0.3) is 5.91 Å². The minimum atomic E-state index is -0.539. The molecule has 0 aliphatic heterocycles. The van der Waals surface area contributed by atoms with Crippen LogP contribution >= 0.6 is 11.6 Å². The Bertz CT molecular complexity index is 809. The molecule has 0 saturated carbocycles. The van der Waals surface area contributed by atoms with Crippen molar-refractivity contribution in [2.75, 3.05) is 31.6 Å². The predicted octanol–water partition coefficient (Wildman–Crippen LogP) is 4.08. The Morgan fingerprint density at radius 3 is 2.50 bits per heavy atom. The Balaban J connectivity index is 1.76. The molecule has 0 heterocycles. The number of carbonyl (C=O) groups is 2. The zero-order valence-corrected chi connectivity index (χ0v) is 18.2. The first-order chi connectivity index (χ1) is 14.5. The fourth-order valence-electron chi connectivity index (χ4n) is 2.69. The SMILES string of the molecule is CC(C)OCCCNC(=O)COC(=O)c1ccccc1NCCc1ccc(Cl)cc1. The summed E-state index contributed by atoms with van der Waals surface area (Å²) in [6.07, 6.45) is 1.66. The van der Waals surface area contributed by atoms with Gasteiger partial charge in [0, 0.05) is 30.4 Å². The Kier molecular flexibility index (Phi) is 10.2. The van der Waals surface area contributed by atoms with Crippen molar-refractivity contribution < 1.29 is 19.1 Å². The maximum absolute atomic E-state index is 12.4. The van der Waals surface area contributed by atoms with Gasteiger partial charge in [0.1, 0.15) is 0 Å². The van der Waals surface area contributed by atoms with E-state index in [4.69, 9.17) is 21.1 Å². The van der Waals surface area contributed by atoms with Gasteiger partial charge in [-0.1, -0.05) is 35.9 Å². The summed E-state index contributed by atoms with van der Waals surface area (Å²) in [6, 6.07) is 14.7. The third-order valence-corrected chi connectivity index (χ3v) is 4.47. The molecule has 0 radical (unpaired) electrons. The molecule has 0 spiro atoms. The number of amides is 1. The van der Waals surface area contributed by atoms with Crippen molar-refractivity contribution in [1.82, 2.24) is 5.32 Å². The molecule has 2 rings (SSSR count). The minimum absolute atomic E-state index is 0.168. The lowest BCUT2D eigenvalue weighted by atomic mass is 10.1. The lowest BCUT2D eigenvalue weighted by molar-refractivity contribution is -0.124. The number of benzene rings is 2. The van der Waals surface area contributed by atoms with Crippen LogP contribution in [-0.2, 0) is 20.7 Å². The predicted molar refractivity (Wildman–Crippen MR) is 119 cm³/mol. The molecule has 2 N–H and O–H groups in total. The molecule has 30 heavy (non-hydrogen) atoms. The molecule has 0 aliphatic rings. The van der Waals surface area contributed by atoms with E-state index >= 15 is 0 Å². The average molecular weight is 433 g/mol. The first-order valence-electron chi connectivity index (χ1n) is 10.1. The van der Waals surface area contributed by atoms with Crippen molar-refractivity contribution >= 4 is 29.2 Å². The molecule has 0 aromatic heterocycles. The number of hydrogen-bond donors (Lipinski definition) is 2. The fraction of sp³-hybridized carbons (Fsp3) is 0.391. The summed E-state index contributed by atoms with van der Waals surface area (Å²) in [5, 5.41) is 6.67. The monoisotopic (exact) mass is 432 g/mol. The van der Waals surface area contributed by atoms with Crippen molar-refractivity contribution in [2.45, 2.75) is 32.8 Å². The standard InChI is InChI=1S/C23H29ClN2O4/c1-17(2)29-15-5-13-26-22(27)16-30-23(28)20-6-3-4-7-21(20)25-14-12-18-8-10-19(24)11-9-18/h3-4,6-11,17,25H,5,12-16H2,1-2H3,(H,26,27). The minimum Gasteiger partial charge on any atom is -0.452 e. The van der Waals surface area contributed by atoms with Gasteiger partial charge in [0.05, 0.1) is 11.7 Å². The van der Waals surface area contributed by atoms with Crippen molar-refractivity contribution in [2.24, 2.45) is 0 Å². The Hall–Kier alpha value is -2.57. The van der Waals surface area contributed by atoms with Gasteiger partial charge in [-0.25, -0.2) is 4.79 Å². The summed E-state index contributed by atoms with van der Waals surface area (Å²) in [4.78, 5) is 24.3. The van der Waals surface area contributed by atoms with Gasteiger partial charge in [0.15, 0.2) is 6.61 Å². The third kappa shape index (κ3) is 8.84. The molecule has 2 aromatic carbocycles. The number of nitrogens with one attached hydrogen (secondary N) is 2. The second kappa shape index (κ2) is 12.9. The highest BCUT2D eigenvalue weighted by atomic mass is 35.5. The highest BCUT2D eigenvalue weighted by molar-refractivity contribution is 6.30. The normalized spacial score (nSPS) is 10.7. The number of hydrogen-bond acceptors (Lipinski definition) is 5. The van der Waals surface area contributed by atoms with E-state index in [1.165, 1.54) is 0 Å². The van der Waals surface area contributed by atoms with Crippen LogP contribution < -0.4 is 10.6 Å². The summed E-state index contributed by atoms with van der Waals surface area (Å²) < 4.78 is 10.6. The van der Waals surface area contributed by atoms with Crippen LogP contribution in [-0.4, -0.2) is 44.3 Å². The second-order valence-corrected chi connectivity index (χ2v) is 7.48. The third-order valence-electron chi connectivity index (χ3n) is 4.22. The first-order valence-corrected chi connectivity index (χ1v) is 10.5. The molecule has 162 valence electrons. The van der Waals surface area contributed by atoms with Crippen LogP contribution in [0.1, 0.15) is 36.2 Å². The van der Waals surface area contributed by atoms with Gasteiger partial charge in [-0.05, 0) is 56.5 Å². The van der Waals surface area contributed by atoms with Gasteiger partial charge in [0.2, 0.25) is 0 Å². The van der Waals surface area contributed by atoms with E-state index in [1.807, 2.05) is 50.2 Å². The number of carbonyl (C=O) groups excluding carboxylic acids is 2. The number of anilines is 1.